The summed E-state index contributed by atoms with van der Waals surface area (Å²) in [5, 5.41) is 7.44. The number of ether oxygens (including phenoxy) is 2. The molecule has 1 aliphatic rings. The van der Waals surface area contributed by atoms with Crippen LogP contribution in [0.2, 0.25) is 5.02 Å². The summed E-state index contributed by atoms with van der Waals surface area (Å²) in [7, 11) is 3.58. The fourth-order valence-electron chi connectivity index (χ4n) is 4.13. The van der Waals surface area contributed by atoms with Crippen molar-refractivity contribution in [1.29, 1.82) is 0 Å². The second-order valence-corrected chi connectivity index (χ2v) is 9.09. The van der Waals surface area contributed by atoms with Crippen LogP contribution in [-0.4, -0.2) is 59.1 Å². The van der Waals surface area contributed by atoms with Crippen molar-refractivity contribution in [2.45, 2.75) is 6.10 Å². The number of amides is 1. The summed E-state index contributed by atoms with van der Waals surface area (Å²) in [5.41, 5.74) is 3.49. The van der Waals surface area contributed by atoms with Crippen LogP contribution in [0.4, 0.5) is 17.3 Å². The molecule has 0 aliphatic carbocycles. The van der Waals surface area contributed by atoms with Crippen LogP contribution in [0.5, 0.6) is 11.5 Å². The molecular formula is C27H25ClN6O3. The van der Waals surface area contributed by atoms with Gasteiger partial charge in [0.15, 0.2) is 0 Å². The minimum absolute atomic E-state index is 0.0242. The highest BCUT2D eigenvalue weighted by atomic mass is 35.5. The SMILES string of the molecule is C=CC(=O)Nc1cc(Nc2ncc3cccc(-c4cncc(Cl)c4)c3n2)c(OC)cc1OC1CN(C)C1. The molecule has 0 bridgehead atoms. The number of likely N-dealkylation sites (N-methyl/N-ethyl adjacent to an activating group) is 1. The van der Waals surface area contributed by atoms with Crippen molar-refractivity contribution >= 4 is 45.7 Å². The first-order valence-corrected chi connectivity index (χ1v) is 12.0. The zero-order chi connectivity index (χ0) is 25.9. The van der Waals surface area contributed by atoms with E-state index >= 15 is 0 Å². The van der Waals surface area contributed by atoms with Gasteiger partial charge in [0.1, 0.15) is 17.6 Å². The molecule has 9 nitrogen and oxygen atoms in total. The molecule has 10 heteroatoms. The first kappa shape index (κ1) is 24.5. The van der Waals surface area contributed by atoms with Gasteiger partial charge >= 0.3 is 0 Å². The van der Waals surface area contributed by atoms with Crippen molar-refractivity contribution < 1.29 is 14.3 Å². The Labute approximate surface area is 219 Å². The van der Waals surface area contributed by atoms with E-state index < -0.39 is 0 Å². The van der Waals surface area contributed by atoms with Crippen molar-refractivity contribution in [2.24, 2.45) is 0 Å². The van der Waals surface area contributed by atoms with Crippen molar-refractivity contribution in [2.75, 3.05) is 37.9 Å². The smallest absolute Gasteiger partial charge is 0.247 e. The zero-order valence-corrected chi connectivity index (χ0v) is 21.1. The number of likely N-dealkylation sites (tertiary alicyclic amines) is 1. The Morgan fingerprint density at radius 1 is 1.16 bits per heavy atom. The Balaban J connectivity index is 1.52. The van der Waals surface area contributed by atoms with E-state index in [9.17, 15) is 4.79 Å². The molecule has 4 aromatic rings. The number of nitrogens with zero attached hydrogens (tertiary/aromatic N) is 4. The molecule has 3 heterocycles. The van der Waals surface area contributed by atoms with E-state index in [1.165, 1.54) is 6.08 Å². The second-order valence-electron chi connectivity index (χ2n) is 8.66. The summed E-state index contributed by atoms with van der Waals surface area (Å²) in [6.07, 6.45) is 6.30. The molecule has 0 radical (unpaired) electrons. The molecule has 188 valence electrons. The van der Waals surface area contributed by atoms with Crippen molar-refractivity contribution in [3.8, 4) is 22.6 Å². The van der Waals surface area contributed by atoms with Crippen LogP contribution in [0.25, 0.3) is 22.0 Å². The minimum Gasteiger partial charge on any atom is -0.494 e. The van der Waals surface area contributed by atoms with Crippen LogP contribution in [0.3, 0.4) is 0 Å². The first-order chi connectivity index (χ1) is 17.9. The van der Waals surface area contributed by atoms with Gasteiger partial charge in [0.25, 0.3) is 0 Å². The maximum atomic E-state index is 12.1. The number of fused-ring (bicyclic) bond motifs is 1. The standard InChI is InChI=1S/C27H25ClN6O3/c1-4-25(35)31-22-9-21(23(36-3)10-24(22)37-19-14-34(2)15-19)32-27-30-12-16-6-5-7-20(26(16)33-27)17-8-18(28)13-29-11-17/h4-13,19H,1,14-15H2,2-3H3,(H,31,35)(H,30,32,33). The van der Waals surface area contributed by atoms with Gasteiger partial charge in [0.2, 0.25) is 11.9 Å². The minimum atomic E-state index is -0.353. The lowest BCUT2D eigenvalue weighted by atomic mass is 10.0. The number of halogens is 1. The van der Waals surface area contributed by atoms with E-state index in [4.69, 9.17) is 26.1 Å². The molecule has 1 saturated heterocycles. The molecule has 5 rings (SSSR count). The molecule has 0 spiro atoms. The molecule has 0 unspecified atom stereocenters. The van der Waals surface area contributed by atoms with Crippen LogP contribution in [0.1, 0.15) is 0 Å². The molecule has 1 aliphatic heterocycles. The predicted molar refractivity (Wildman–Crippen MR) is 145 cm³/mol. The normalized spacial score (nSPS) is 13.6. The third-order valence-electron chi connectivity index (χ3n) is 5.94. The summed E-state index contributed by atoms with van der Waals surface area (Å²) in [6, 6.07) is 11.1. The lowest BCUT2D eigenvalue weighted by molar-refractivity contribution is -0.111. The van der Waals surface area contributed by atoms with Gasteiger partial charge in [-0.05, 0) is 25.3 Å². The van der Waals surface area contributed by atoms with E-state index in [2.05, 4.69) is 32.1 Å². The highest BCUT2D eigenvalue weighted by Gasteiger charge is 2.27. The highest BCUT2D eigenvalue weighted by molar-refractivity contribution is 6.30. The maximum absolute atomic E-state index is 12.1. The predicted octanol–water partition coefficient (Wildman–Crippen LogP) is 4.91. The van der Waals surface area contributed by atoms with Gasteiger partial charge in [-0.2, -0.15) is 0 Å². The number of aromatic nitrogens is 3. The van der Waals surface area contributed by atoms with Gasteiger partial charge < -0.3 is 20.1 Å². The van der Waals surface area contributed by atoms with Crippen LogP contribution in [0.15, 0.2) is 67.6 Å². The third kappa shape index (κ3) is 5.32. The number of hydrogen-bond donors (Lipinski definition) is 2. The van der Waals surface area contributed by atoms with Gasteiger partial charge in [-0.1, -0.05) is 36.4 Å². The van der Waals surface area contributed by atoms with Gasteiger partial charge in [0.05, 0.1) is 29.0 Å². The number of pyridine rings is 1. The summed E-state index contributed by atoms with van der Waals surface area (Å²) in [6.45, 7) is 5.14. The third-order valence-corrected chi connectivity index (χ3v) is 6.15. The number of rotatable bonds is 8. The fourth-order valence-corrected chi connectivity index (χ4v) is 4.31. The van der Waals surface area contributed by atoms with Crippen LogP contribution >= 0.6 is 11.6 Å². The Kier molecular flexibility index (Phi) is 6.89. The van der Waals surface area contributed by atoms with Crippen molar-refractivity contribution in [1.82, 2.24) is 19.9 Å². The number of methoxy groups -OCH3 is 1. The highest BCUT2D eigenvalue weighted by Crippen LogP contribution is 2.39. The Hall–Kier alpha value is -4.21. The number of hydrogen-bond acceptors (Lipinski definition) is 8. The zero-order valence-electron chi connectivity index (χ0n) is 20.4. The average molecular weight is 517 g/mol. The quantitative estimate of drug-likeness (QED) is 0.318. The summed E-state index contributed by atoms with van der Waals surface area (Å²) < 4.78 is 11.8. The van der Waals surface area contributed by atoms with Gasteiger partial charge in [0, 0.05) is 54.3 Å². The largest absolute Gasteiger partial charge is 0.494 e. The van der Waals surface area contributed by atoms with E-state index in [0.29, 0.717) is 33.8 Å². The number of para-hydroxylation sites is 1. The van der Waals surface area contributed by atoms with Crippen molar-refractivity contribution in [3.05, 3.63) is 72.7 Å². The lowest BCUT2D eigenvalue weighted by Gasteiger charge is -2.36. The van der Waals surface area contributed by atoms with Crippen LogP contribution in [-0.2, 0) is 4.79 Å². The van der Waals surface area contributed by atoms with Crippen molar-refractivity contribution in [3.63, 3.8) is 0 Å². The number of carbonyl (C=O) groups excluding carboxylic acids is 1. The molecule has 37 heavy (non-hydrogen) atoms. The molecule has 2 aromatic heterocycles. The molecule has 0 atom stereocenters. The van der Waals surface area contributed by atoms with E-state index in [-0.39, 0.29) is 12.0 Å². The molecule has 2 aromatic carbocycles. The Bertz CT molecular complexity index is 1490. The molecule has 2 N–H and O–H groups in total. The summed E-state index contributed by atoms with van der Waals surface area (Å²) in [4.78, 5) is 27.7. The Morgan fingerprint density at radius 3 is 2.73 bits per heavy atom. The Morgan fingerprint density at radius 2 is 2.00 bits per heavy atom. The molecule has 1 amide bonds. The fraction of sp³-hybridized carbons (Fsp3) is 0.185. The van der Waals surface area contributed by atoms with E-state index in [1.54, 1.807) is 37.8 Å². The van der Waals surface area contributed by atoms with E-state index in [1.807, 2.05) is 31.3 Å². The number of anilines is 3. The number of carbonyl (C=O) groups is 1. The average Bonchev–Trinajstić information content (AvgIpc) is 2.88. The second kappa shape index (κ2) is 10.4. The lowest BCUT2D eigenvalue weighted by Crippen LogP contribution is -2.51. The first-order valence-electron chi connectivity index (χ1n) is 11.6. The molecule has 0 saturated carbocycles. The molecule has 1 fully saturated rings. The summed E-state index contributed by atoms with van der Waals surface area (Å²) in [5.74, 6) is 1.01. The van der Waals surface area contributed by atoms with Gasteiger partial charge in [-0.25, -0.2) is 9.97 Å². The number of benzene rings is 2. The van der Waals surface area contributed by atoms with Gasteiger partial charge in [-0.3, -0.25) is 14.7 Å². The van der Waals surface area contributed by atoms with Gasteiger partial charge in [-0.15, -0.1) is 0 Å². The van der Waals surface area contributed by atoms with Crippen LogP contribution in [0, 0.1) is 0 Å². The van der Waals surface area contributed by atoms with E-state index in [0.717, 1.165) is 35.1 Å². The molecular weight excluding hydrogens is 492 g/mol. The topological polar surface area (TPSA) is 102 Å². The monoisotopic (exact) mass is 516 g/mol. The van der Waals surface area contributed by atoms with Crippen LogP contribution < -0.4 is 20.1 Å². The number of nitrogens with one attached hydrogen (secondary N) is 2. The maximum Gasteiger partial charge on any atom is 0.247 e. The summed E-state index contributed by atoms with van der Waals surface area (Å²) >= 11 is 6.17.